The summed E-state index contributed by atoms with van der Waals surface area (Å²) in [5.74, 6) is 4.50. The lowest BCUT2D eigenvalue weighted by atomic mass is 9.98. The van der Waals surface area contributed by atoms with Gasteiger partial charge < -0.3 is 4.74 Å². The number of rotatable bonds is 4. The maximum Gasteiger partial charge on any atom is 0.573 e. The molecule has 112 valence electrons. The number of halogens is 4. The summed E-state index contributed by atoms with van der Waals surface area (Å²) in [7, 11) is 0. The van der Waals surface area contributed by atoms with E-state index in [-0.39, 0.29) is 5.56 Å². The molecule has 0 amide bonds. The molecule has 2 aromatic carbocycles. The largest absolute Gasteiger partial charge is 0.573 e. The molecule has 0 aliphatic heterocycles. The maximum atomic E-state index is 13.8. The molecule has 2 rings (SSSR count). The van der Waals surface area contributed by atoms with E-state index in [1.807, 2.05) is 0 Å². The van der Waals surface area contributed by atoms with Gasteiger partial charge >= 0.3 is 6.36 Å². The monoisotopic (exact) mass is 300 g/mol. The molecule has 0 aliphatic carbocycles. The molecular formula is C14H12F4N2O. The lowest BCUT2D eigenvalue weighted by Crippen LogP contribution is -2.29. The number of hydrazine groups is 1. The van der Waals surface area contributed by atoms with Crippen LogP contribution in [0.15, 0.2) is 48.5 Å². The molecule has 3 nitrogen and oxygen atoms in total. The summed E-state index contributed by atoms with van der Waals surface area (Å²) in [6.45, 7) is 0. The van der Waals surface area contributed by atoms with Gasteiger partial charge in [-0.3, -0.25) is 5.84 Å². The van der Waals surface area contributed by atoms with Crippen LogP contribution >= 0.6 is 0 Å². The first-order chi connectivity index (χ1) is 9.90. The molecule has 0 aliphatic rings. The third-order valence-electron chi connectivity index (χ3n) is 2.81. The van der Waals surface area contributed by atoms with E-state index in [2.05, 4.69) is 10.2 Å². The fraction of sp³-hybridized carbons (Fsp3) is 0.143. The average Bonchev–Trinajstić information content (AvgIpc) is 2.40. The Balaban J connectivity index is 2.35. The third kappa shape index (κ3) is 3.93. The highest BCUT2D eigenvalue weighted by atomic mass is 19.4. The van der Waals surface area contributed by atoms with Gasteiger partial charge in [-0.25, -0.2) is 9.82 Å². The number of ether oxygens (including phenoxy) is 1. The zero-order valence-corrected chi connectivity index (χ0v) is 10.7. The molecule has 0 heterocycles. The van der Waals surface area contributed by atoms with Gasteiger partial charge in [0.1, 0.15) is 11.6 Å². The number of nitrogens with two attached hydrogens (primary N) is 1. The summed E-state index contributed by atoms with van der Waals surface area (Å²) in [6, 6.07) is 10.3. The number of hydrogen-bond acceptors (Lipinski definition) is 3. The topological polar surface area (TPSA) is 47.3 Å². The van der Waals surface area contributed by atoms with Crippen LogP contribution in [0.4, 0.5) is 17.6 Å². The van der Waals surface area contributed by atoms with E-state index in [4.69, 9.17) is 5.84 Å². The van der Waals surface area contributed by atoms with E-state index in [1.54, 1.807) is 6.07 Å². The fourth-order valence-electron chi connectivity index (χ4n) is 1.97. The van der Waals surface area contributed by atoms with Crippen LogP contribution in [-0.2, 0) is 0 Å². The molecule has 0 bridgehead atoms. The van der Waals surface area contributed by atoms with Crippen molar-refractivity contribution in [1.29, 1.82) is 0 Å². The quantitative estimate of drug-likeness (QED) is 0.517. The number of alkyl halides is 3. The first-order valence-corrected chi connectivity index (χ1v) is 5.97. The van der Waals surface area contributed by atoms with Crippen LogP contribution < -0.4 is 16.0 Å². The maximum absolute atomic E-state index is 13.8. The minimum absolute atomic E-state index is 0.226. The summed E-state index contributed by atoms with van der Waals surface area (Å²) in [6.07, 6.45) is -4.79. The van der Waals surface area contributed by atoms with Crippen LogP contribution in [0.5, 0.6) is 5.75 Å². The minimum Gasteiger partial charge on any atom is -0.406 e. The second-order valence-corrected chi connectivity index (χ2v) is 4.24. The second-order valence-electron chi connectivity index (χ2n) is 4.24. The molecule has 2 aromatic rings. The second kappa shape index (κ2) is 6.11. The highest BCUT2D eigenvalue weighted by Gasteiger charge is 2.31. The van der Waals surface area contributed by atoms with Gasteiger partial charge in [-0.1, -0.05) is 30.3 Å². The predicted molar refractivity (Wildman–Crippen MR) is 68.7 cm³/mol. The first kappa shape index (κ1) is 15.3. The lowest BCUT2D eigenvalue weighted by Gasteiger charge is -2.18. The van der Waals surface area contributed by atoms with Crippen molar-refractivity contribution in [3.63, 3.8) is 0 Å². The molecule has 7 heteroatoms. The molecule has 0 fully saturated rings. The van der Waals surface area contributed by atoms with Crippen LogP contribution in [-0.4, -0.2) is 6.36 Å². The van der Waals surface area contributed by atoms with Gasteiger partial charge in [0.05, 0.1) is 6.04 Å². The SMILES string of the molecule is NNC(c1cccc(OC(F)(F)F)c1)c1ccccc1F. The molecule has 1 unspecified atom stereocenters. The molecule has 0 radical (unpaired) electrons. The van der Waals surface area contributed by atoms with Gasteiger partial charge in [-0.05, 0) is 23.8 Å². The van der Waals surface area contributed by atoms with E-state index >= 15 is 0 Å². The molecule has 0 spiro atoms. The normalized spacial score (nSPS) is 13.0. The summed E-state index contributed by atoms with van der Waals surface area (Å²) >= 11 is 0. The van der Waals surface area contributed by atoms with Crippen LogP contribution in [0.2, 0.25) is 0 Å². The Morgan fingerprint density at radius 2 is 1.76 bits per heavy atom. The number of nitrogens with one attached hydrogen (secondary N) is 1. The van der Waals surface area contributed by atoms with Crippen LogP contribution in [0, 0.1) is 5.82 Å². The fourth-order valence-corrected chi connectivity index (χ4v) is 1.97. The summed E-state index contributed by atoms with van der Waals surface area (Å²) in [5.41, 5.74) is 2.97. The third-order valence-corrected chi connectivity index (χ3v) is 2.81. The number of hydrogen-bond donors (Lipinski definition) is 2. The zero-order valence-electron chi connectivity index (χ0n) is 10.7. The molecule has 1 atom stereocenters. The van der Waals surface area contributed by atoms with E-state index in [0.29, 0.717) is 5.56 Å². The first-order valence-electron chi connectivity index (χ1n) is 5.97. The standard InChI is InChI=1S/C14H12F4N2O/c15-12-7-2-1-6-11(12)13(20-19)9-4-3-5-10(8-9)21-14(16,17)18/h1-8,13,20H,19H2. The van der Waals surface area contributed by atoms with Crippen molar-refractivity contribution in [3.05, 3.63) is 65.5 Å². The van der Waals surface area contributed by atoms with E-state index in [1.165, 1.54) is 30.3 Å². The highest BCUT2D eigenvalue weighted by molar-refractivity contribution is 5.37. The zero-order chi connectivity index (χ0) is 15.5. The molecule has 0 saturated carbocycles. The molecule has 0 aromatic heterocycles. The predicted octanol–water partition coefficient (Wildman–Crippen LogP) is 3.28. The molecule has 0 saturated heterocycles. The Morgan fingerprint density at radius 3 is 2.38 bits per heavy atom. The minimum atomic E-state index is -4.79. The smallest absolute Gasteiger partial charge is 0.406 e. The van der Waals surface area contributed by atoms with Gasteiger partial charge in [-0.15, -0.1) is 13.2 Å². The lowest BCUT2D eigenvalue weighted by molar-refractivity contribution is -0.274. The highest BCUT2D eigenvalue weighted by Crippen LogP contribution is 2.29. The van der Waals surface area contributed by atoms with Crippen molar-refractivity contribution in [3.8, 4) is 5.75 Å². The van der Waals surface area contributed by atoms with Crippen LogP contribution in [0.1, 0.15) is 17.2 Å². The summed E-state index contributed by atoms with van der Waals surface area (Å²) in [4.78, 5) is 0. The Morgan fingerprint density at radius 1 is 1.05 bits per heavy atom. The average molecular weight is 300 g/mol. The Bertz CT molecular complexity index is 616. The van der Waals surface area contributed by atoms with Crippen molar-refractivity contribution < 1.29 is 22.3 Å². The van der Waals surface area contributed by atoms with Crippen molar-refractivity contribution in [1.82, 2.24) is 5.43 Å². The van der Waals surface area contributed by atoms with Gasteiger partial charge in [0.25, 0.3) is 0 Å². The van der Waals surface area contributed by atoms with Crippen molar-refractivity contribution in [2.24, 2.45) is 5.84 Å². The van der Waals surface area contributed by atoms with Gasteiger partial charge in [0.2, 0.25) is 0 Å². The van der Waals surface area contributed by atoms with Gasteiger partial charge in [0.15, 0.2) is 0 Å². The molecule has 3 N–H and O–H groups in total. The van der Waals surface area contributed by atoms with Crippen molar-refractivity contribution in [2.45, 2.75) is 12.4 Å². The van der Waals surface area contributed by atoms with Crippen LogP contribution in [0.3, 0.4) is 0 Å². The van der Waals surface area contributed by atoms with E-state index in [9.17, 15) is 17.6 Å². The Hall–Kier alpha value is -2.12. The van der Waals surface area contributed by atoms with Gasteiger partial charge in [0, 0.05) is 5.56 Å². The van der Waals surface area contributed by atoms with Crippen molar-refractivity contribution >= 4 is 0 Å². The molecular weight excluding hydrogens is 288 g/mol. The Labute approximate surface area is 118 Å². The van der Waals surface area contributed by atoms with E-state index < -0.39 is 24.0 Å². The Kier molecular flexibility index (Phi) is 4.44. The van der Waals surface area contributed by atoms with Crippen molar-refractivity contribution in [2.75, 3.05) is 0 Å². The van der Waals surface area contributed by atoms with Gasteiger partial charge in [-0.2, -0.15) is 0 Å². The van der Waals surface area contributed by atoms with Crippen LogP contribution in [0.25, 0.3) is 0 Å². The molecule has 21 heavy (non-hydrogen) atoms. The summed E-state index contributed by atoms with van der Waals surface area (Å²) in [5, 5.41) is 0. The summed E-state index contributed by atoms with van der Waals surface area (Å²) < 4.78 is 54.3. The van der Waals surface area contributed by atoms with E-state index in [0.717, 1.165) is 12.1 Å². The number of benzene rings is 2.